The van der Waals surface area contributed by atoms with Crippen LogP contribution in [0.1, 0.15) is 11.1 Å². The second-order valence-electron chi connectivity index (χ2n) is 3.86. The highest BCUT2D eigenvalue weighted by Gasteiger charge is 1.98. The molecule has 0 saturated heterocycles. The van der Waals surface area contributed by atoms with Crippen molar-refractivity contribution in [1.29, 1.82) is 0 Å². The summed E-state index contributed by atoms with van der Waals surface area (Å²) in [7, 11) is 0. The van der Waals surface area contributed by atoms with Gasteiger partial charge < -0.3 is 10.5 Å². The molecule has 2 N–H and O–H groups in total. The molecule has 3 heteroatoms. The number of benzene rings is 1. The largest absolute Gasteiger partial charge is 0.399 e. The number of pyridine rings is 1. The summed E-state index contributed by atoms with van der Waals surface area (Å²) < 4.78 is 5.60. The number of nitrogens with zero attached hydrogens (tertiary/aromatic N) is 1. The summed E-state index contributed by atoms with van der Waals surface area (Å²) in [5.74, 6) is 0. The molecule has 2 rings (SSSR count). The molecule has 0 unspecified atom stereocenters. The first-order valence-corrected chi connectivity index (χ1v) is 5.66. The summed E-state index contributed by atoms with van der Waals surface area (Å²) in [6.45, 7) is 1.30. The first kappa shape index (κ1) is 11.6. The highest BCUT2D eigenvalue weighted by molar-refractivity contribution is 5.46. The monoisotopic (exact) mass is 228 g/mol. The van der Waals surface area contributed by atoms with Crippen LogP contribution >= 0.6 is 0 Å². The Bertz CT molecular complexity index is 457. The average molecular weight is 228 g/mol. The van der Waals surface area contributed by atoms with E-state index in [9.17, 15) is 0 Å². The first-order chi connectivity index (χ1) is 8.36. The quantitative estimate of drug-likeness (QED) is 0.631. The molecule has 88 valence electrons. The highest BCUT2D eigenvalue weighted by Crippen LogP contribution is 2.11. The second kappa shape index (κ2) is 6.01. The number of nitrogens with two attached hydrogens (primary N) is 1. The van der Waals surface area contributed by atoms with Crippen molar-refractivity contribution in [2.24, 2.45) is 0 Å². The lowest BCUT2D eigenvalue weighted by atomic mass is 10.1. The predicted molar refractivity (Wildman–Crippen MR) is 68.5 cm³/mol. The van der Waals surface area contributed by atoms with Crippen molar-refractivity contribution >= 4 is 5.69 Å². The molecule has 0 radical (unpaired) electrons. The van der Waals surface area contributed by atoms with E-state index in [0.717, 1.165) is 23.2 Å². The lowest BCUT2D eigenvalue weighted by Crippen LogP contribution is -2.01. The fourth-order valence-corrected chi connectivity index (χ4v) is 1.61. The predicted octanol–water partition coefficient (Wildman–Crippen LogP) is 2.42. The fourth-order valence-electron chi connectivity index (χ4n) is 1.61. The van der Waals surface area contributed by atoms with Gasteiger partial charge in [0.15, 0.2) is 0 Å². The molecule has 2 aromatic rings. The van der Waals surface area contributed by atoms with Crippen LogP contribution in [0.3, 0.4) is 0 Å². The maximum absolute atomic E-state index is 5.85. The third-order valence-corrected chi connectivity index (χ3v) is 2.59. The van der Waals surface area contributed by atoms with Crippen molar-refractivity contribution in [1.82, 2.24) is 4.98 Å². The Morgan fingerprint density at radius 3 is 2.59 bits per heavy atom. The van der Waals surface area contributed by atoms with Gasteiger partial charge in [-0.1, -0.05) is 18.2 Å². The molecule has 1 heterocycles. The number of hydrogen-bond donors (Lipinski definition) is 1. The molecule has 17 heavy (non-hydrogen) atoms. The van der Waals surface area contributed by atoms with Crippen LogP contribution < -0.4 is 5.73 Å². The van der Waals surface area contributed by atoms with Crippen LogP contribution in [0, 0.1) is 0 Å². The zero-order valence-corrected chi connectivity index (χ0v) is 9.67. The maximum atomic E-state index is 5.85. The Labute approximate surface area is 101 Å². The molecule has 0 bridgehead atoms. The number of ether oxygens (including phenoxy) is 1. The second-order valence-corrected chi connectivity index (χ2v) is 3.86. The molecule has 0 aliphatic rings. The zero-order valence-electron chi connectivity index (χ0n) is 9.67. The fraction of sp³-hybridized carbons (Fsp3) is 0.214. The standard InChI is InChI=1S/C14H16N2O/c15-14-4-2-1-3-13(14)7-10-17-11-12-5-8-16-9-6-12/h1-6,8-9H,7,10-11,15H2. The summed E-state index contributed by atoms with van der Waals surface area (Å²) in [6, 6.07) is 11.8. The molecule has 0 aliphatic heterocycles. The molecular weight excluding hydrogens is 212 g/mol. The molecule has 0 saturated carbocycles. The lowest BCUT2D eigenvalue weighted by molar-refractivity contribution is 0.124. The van der Waals surface area contributed by atoms with Crippen LogP contribution in [0.15, 0.2) is 48.8 Å². The molecule has 1 aromatic heterocycles. The minimum Gasteiger partial charge on any atom is -0.399 e. The van der Waals surface area contributed by atoms with Crippen LogP contribution in [-0.4, -0.2) is 11.6 Å². The van der Waals surface area contributed by atoms with Gasteiger partial charge in [0.2, 0.25) is 0 Å². The Morgan fingerprint density at radius 2 is 1.82 bits per heavy atom. The molecule has 0 aliphatic carbocycles. The molecule has 3 nitrogen and oxygen atoms in total. The van der Waals surface area contributed by atoms with E-state index >= 15 is 0 Å². The van der Waals surface area contributed by atoms with Gasteiger partial charge >= 0.3 is 0 Å². The van der Waals surface area contributed by atoms with Gasteiger partial charge in [0.1, 0.15) is 0 Å². The van der Waals surface area contributed by atoms with E-state index < -0.39 is 0 Å². The van der Waals surface area contributed by atoms with Crippen LogP contribution in [0.25, 0.3) is 0 Å². The molecule has 0 fully saturated rings. The van der Waals surface area contributed by atoms with Gasteiger partial charge in [-0.25, -0.2) is 0 Å². The molecule has 0 atom stereocenters. The van der Waals surface area contributed by atoms with Crippen molar-refractivity contribution in [3.8, 4) is 0 Å². The number of para-hydroxylation sites is 1. The van der Waals surface area contributed by atoms with E-state index in [1.807, 2.05) is 36.4 Å². The average Bonchev–Trinajstić information content (AvgIpc) is 2.38. The molecular formula is C14H16N2O. The summed E-state index contributed by atoms with van der Waals surface area (Å²) in [6.07, 6.45) is 4.39. The van der Waals surface area contributed by atoms with Gasteiger partial charge in [0, 0.05) is 18.1 Å². The topological polar surface area (TPSA) is 48.1 Å². The molecule has 0 amide bonds. The van der Waals surface area contributed by atoms with E-state index in [1.54, 1.807) is 12.4 Å². The van der Waals surface area contributed by atoms with Crippen LogP contribution in [0.4, 0.5) is 5.69 Å². The van der Waals surface area contributed by atoms with Gasteiger partial charge in [-0.3, -0.25) is 4.98 Å². The van der Waals surface area contributed by atoms with E-state index in [-0.39, 0.29) is 0 Å². The van der Waals surface area contributed by atoms with Gasteiger partial charge in [-0.2, -0.15) is 0 Å². The van der Waals surface area contributed by atoms with E-state index in [2.05, 4.69) is 4.98 Å². The minimum absolute atomic E-state index is 0.620. The summed E-state index contributed by atoms with van der Waals surface area (Å²) >= 11 is 0. The Kier molecular flexibility index (Phi) is 4.11. The number of hydrogen-bond acceptors (Lipinski definition) is 3. The van der Waals surface area contributed by atoms with Crippen molar-refractivity contribution < 1.29 is 4.74 Å². The van der Waals surface area contributed by atoms with Gasteiger partial charge in [0.25, 0.3) is 0 Å². The third-order valence-electron chi connectivity index (χ3n) is 2.59. The number of anilines is 1. The first-order valence-electron chi connectivity index (χ1n) is 5.66. The Balaban J connectivity index is 1.76. The number of rotatable bonds is 5. The SMILES string of the molecule is Nc1ccccc1CCOCc1ccncc1. The summed E-state index contributed by atoms with van der Waals surface area (Å²) in [4.78, 5) is 3.96. The van der Waals surface area contributed by atoms with Gasteiger partial charge in [-0.15, -0.1) is 0 Å². The van der Waals surface area contributed by atoms with Crippen molar-refractivity contribution in [3.63, 3.8) is 0 Å². The smallest absolute Gasteiger partial charge is 0.0718 e. The van der Waals surface area contributed by atoms with Crippen molar-refractivity contribution in [2.75, 3.05) is 12.3 Å². The zero-order chi connectivity index (χ0) is 11.9. The van der Waals surface area contributed by atoms with Gasteiger partial charge in [0.05, 0.1) is 13.2 Å². The van der Waals surface area contributed by atoms with E-state index in [4.69, 9.17) is 10.5 Å². The third kappa shape index (κ3) is 3.57. The highest BCUT2D eigenvalue weighted by atomic mass is 16.5. The molecule has 1 aromatic carbocycles. The minimum atomic E-state index is 0.620. The number of aromatic nitrogens is 1. The van der Waals surface area contributed by atoms with Crippen molar-refractivity contribution in [3.05, 3.63) is 59.9 Å². The summed E-state index contributed by atoms with van der Waals surface area (Å²) in [5.41, 5.74) is 8.96. The number of nitrogen functional groups attached to an aromatic ring is 1. The maximum Gasteiger partial charge on any atom is 0.0718 e. The normalized spacial score (nSPS) is 10.4. The van der Waals surface area contributed by atoms with E-state index in [1.165, 1.54) is 0 Å². The Morgan fingerprint density at radius 1 is 1.06 bits per heavy atom. The van der Waals surface area contributed by atoms with Crippen LogP contribution in [0.2, 0.25) is 0 Å². The van der Waals surface area contributed by atoms with Gasteiger partial charge in [-0.05, 0) is 35.7 Å². The van der Waals surface area contributed by atoms with Crippen LogP contribution in [0.5, 0.6) is 0 Å². The van der Waals surface area contributed by atoms with E-state index in [0.29, 0.717) is 13.2 Å². The lowest BCUT2D eigenvalue weighted by Gasteiger charge is -2.06. The molecule has 0 spiro atoms. The summed E-state index contributed by atoms with van der Waals surface area (Å²) in [5, 5.41) is 0. The van der Waals surface area contributed by atoms with Crippen LogP contribution in [-0.2, 0) is 17.8 Å². The Hall–Kier alpha value is -1.87. The van der Waals surface area contributed by atoms with Crippen molar-refractivity contribution in [2.45, 2.75) is 13.0 Å².